The lowest BCUT2D eigenvalue weighted by molar-refractivity contribution is 0.495. The van der Waals surface area contributed by atoms with Gasteiger partial charge in [0.25, 0.3) is 0 Å². The molecular formula is C14H21ClN2O2S. The fourth-order valence-corrected chi connectivity index (χ4v) is 4.10. The molecule has 20 heavy (non-hydrogen) atoms. The minimum absolute atomic E-state index is 0.0231. The maximum absolute atomic E-state index is 12.5. The van der Waals surface area contributed by atoms with Crippen LogP contribution in [0.2, 0.25) is 5.02 Å². The minimum atomic E-state index is -3.59. The van der Waals surface area contributed by atoms with Crippen LogP contribution in [0.1, 0.15) is 38.2 Å². The zero-order valence-electron chi connectivity index (χ0n) is 11.6. The van der Waals surface area contributed by atoms with Gasteiger partial charge in [-0.25, -0.2) is 13.1 Å². The molecule has 1 saturated carbocycles. The molecule has 6 heteroatoms. The van der Waals surface area contributed by atoms with Crippen molar-refractivity contribution >= 4 is 21.6 Å². The van der Waals surface area contributed by atoms with Crippen LogP contribution in [0.5, 0.6) is 0 Å². The minimum Gasteiger partial charge on any atom is -0.326 e. The number of halogens is 1. The highest BCUT2D eigenvalue weighted by Crippen LogP contribution is 2.34. The summed E-state index contributed by atoms with van der Waals surface area (Å²) in [6.45, 7) is 2.28. The summed E-state index contributed by atoms with van der Waals surface area (Å²) in [5, 5.41) is 0.232. The Kier molecular flexibility index (Phi) is 5.07. The third-order valence-corrected chi connectivity index (χ3v) is 5.65. The summed E-state index contributed by atoms with van der Waals surface area (Å²) in [6.07, 6.45) is 4.11. The van der Waals surface area contributed by atoms with E-state index in [0.29, 0.717) is 12.5 Å². The molecule has 1 aromatic carbocycles. The molecule has 0 radical (unpaired) electrons. The van der Waals surface area contributed by atoms with Crippen LogP contribution in [0, 0.1) is 5.92 Å². The van der Waals surface area contributed by atoms with Crippen molar-refractivity contribution in [2.75, 3.05) is 0 Å². The summed E-state index contributed by atoms with van der Waals surface area (Å²) in [5.74, 6) is 0.675. The van der Waals surface area contributed by atoms with Gasteiger partial charge in [-0.3, -0.25) is 0 Å². The van der Waals surface area contributed by atoms with E-state index in [1.54, 1.807) is 18.2 Å². The summed E-state index contributed by atoms with van der Waals surface area (Å²) in [7, 11) is -3.59. The van der Waals surface area contributed by atoms with Crippen molar-refractivity contribution in [1.29, 1.82) is 0 Å². The number of sulfonamides is 1. The Labute approximate surface area is 125 Å². The molecule has 0 aliphatic heterocycles. The van der Waals surface area contributed by atoms with Gasteiger partial charge in [-0.1, -0.05) is 37.4 Å². The van der Waals surface area contributed by atoms with Crippen LogP contribution < -0.4 is 10.5 Å². The molecule has 3 N–H and O–H groups in total. The van der Waals surface area contributed by atoms with Crippen molar-refractivity contribution in [3.05, 3.63) is 28.8 Å². The van der Waals surface area contributed by atoms with Gasteiger partial charge in [0.2, 0.25) is 10.0 Å². The number of rotatable bonds is 7. The van der Waals surface area contributed by atoms with Crippen LogP contribution in [0.25, 0.3) is 0 Å². The Morgan fingerprint density at radius 3 is 2.70 bits per heavy atom. The Morgan fingerprint density at radius 2 is 2.15 bits per heavy atom. The molecule has 1 fully saturated rings. The van der Waals surface area contributed by atoms with Gasteiger partial charge in [0.05, 0.1) is 5.02 Å². The van der Waals surface area contributed by atoms with E-state index < -0.39 is 10.0 Å². The molecule has 0 bridgehead atoms. The molecule has 112 valence electrons. The first-order valence-corrected chi connectivity index (χ1v) is 8.83. The van der Waals surface area contributed by atoms with Gasteiger partial charge in [-0.05, 0) is 36.5 Å². The molecule has 2 rings (SSSR count). The highest BCUT2D eigenvalue weighted by molar-refractivity contribution is 7.89. The van der Waals surface area contributed by atoms with Crippen LogP contribution in [-0.4, -0.2) is 14.5 Å². The summed E-state index contributed by atoms with van der Waals surface area (Å²) in [4.78, 5) is 0.122. The second kappa shape index (κ2) is 6.43. The highest BCUT2D eigenvalue weighted by atomic mass is 35.5. The number of hydrogen-bond donors (Lipinski definition) is 2. The van der Waals surface area contributed by atoms with E-state index in [-0.39, 0.29) is 16.0 Å². The maximum atomic E-state index is 12.5. The predicted octanol–water partition coefficient (Wildman–Crippen LogP) is 2.66. The third kappa shape index (κ3) is 3.95. The average Bonchev–Trinajstić information content (AvgIpc) is 3.22. The van der Waals surface area contributed by atoms with Crippen LogP contribution in [-0.2, 0) is 16.6 Å². The largest absolute Gasteiger partial charge is 0.326 e. The molecule has 4 nitrogen and oxygen atoms in total. The lowest BCUT2D eigenvalue weighted by Gasteiger charge is -2.17. The number of hydrogen-bond acceptors (Lipinski definition) is 3. The normalized spacial score (nSPS) is 17.1. The molecular weight excluding hydrogens is 296 g/mol. The number of nitrogens with two attached hydrogens (primary N) is 1. The van der Waals surface area contributed by atoms with Crippen molar-refractivity contribution in [2.45, 2.75) is 50.1 Å². The van der Waals surface area contributed by atoms with E-state index in [4.69, 9.17) is 17.3 Å². The molecule has 1 unspecified atom stereocenters. The van der Waals surface area contributed by atoms with Crippen molar-refractivity contribution in [3.63, 3.8) is 0 Å². The first kappa shape index (κ1) is 15.8. The molecule has 0 spiro atoms. The smallest absolute Gasteiger partial charge is 0.242 e. The van der Waals surface area contributed by atoms with Gasteiger partial charge in [-0.15, -0.1) is 0 Å². The van der Waals surface area contributed by atoms with E-state index in [0.717, 1.165) is 18.4 Å². The second-order valence-corrected chi connectivity index (χ2v) is 7.46. The zero-order chi connectivity index (χ0) is 14.8. The van der Waals surface area contributed by atoms with Crippen LogP contribution >= 0.6 is 11.6 Å². The first-order chi connectivity index (χ1) is 9.46. The lowest BCUT2D eigenvalue weighted by Crippen LogP contribution is -2.35. The standard InChI is InChI=1S/C14H21ClN2O2S/c1-2-12(7-10-3-4-10)17-20(18,19)14-8-11(9-16)5-6-13(14)15/h5-6,8,10,12,17H,2-4,7,9,16H2,1H3. The first-order valence-electron chi connectivity index (χ1n) is 6.97. The summed E-state index contributed by atoms with van der Waals surface area (Å²) >= 11 is 6.02. The van der Waals surface area contributed by atoms with Crippen molar-refractivity contribution in [1.82, 2.24) is 4.72 Å². The van der Waals surface area contributed by atoms with Gasteiger partial charge in [0.1, 0.15) is 4.90 Å². The van der Waals surface area contributed by atoms with E-state index in [2.05, 4.69) is 4.72 Å². The van der Waals surface area contributed by atoms with Gasteiger partial charge < -0.3 is 5.73 Å². The zero-order valence-corrected chi connectivity index (χ0v) is 13.2. The van der Waals surface area contributed by atoms with Crippen molar-refractivity contribution in [3.8, 4) is 0 Å². The Balaban J connectivity index is 2.19. The number of benzene rings is 1. The molecule has 0 heterocycles. The summed E-state index contributed by atoms with van der Waals surface area (Å²) in [6, 6.07) is 4.85. The van der Waals surface area contributed by atoms with E-state index in [9.17, 15) is 8.42 Å². The molecule has 1 atom stereocenters. The topological polar surface area (TPSA) is 72.2 Å². The molecule has 1 aromatic rings. The lowest BCUT2D eigenvalue weighted by atomic mass is 10.1. The molecule has 0 amide bonds. The Hall–Kier alpha value is -0.620. The van der Waals surface area contributed by atoms with Crippen LogP contribution in [0.4, 0.5) is 0 Å². The Morgan fingerprint density at radius 1 is 1.45 bits per heavy atom. The molecule has 1 aliphatic rings. The molecule has 1 aliphatic carbocycles. The SMILES string of the molecule is CCC(CC1CC1)NS(=O)(=O)c1cc(CN)ccc1Cl. The van der Waals surface area contributed by atoms with Crippen LogP contribution in [0.3, 0.4) is 0 Å². The van der Waals surface area contributed by atoms with E-state index in [1.165, 1.54) is 12.8 Å². The quantitative estimate of drug-likeness (QED) is 0.812. The average molecular weight is 317 g/mol. The van der Waals surface area contributed by atoms with Crippen molar-refractivity contribution < 1.29 is 8.42 Å². The predicted molar refractivity (Wildman–Crippen MR) is 81.1 cm³/mol. The maximum Gasteiger partial charge on any atom is 0.242 e. The van der Waals surface area contributed by atoms with Crippen LogP contribution in [0.15, 0.2) is 23.1 Å². The highest BCUT2D eigenvalue weighted by Gasteiger charge is 2.28. The van der Waals surface area contributed by atoms with E-state index in [1.807, 2.05) is 6.92 Å². The molecule has 0 aromatic heterocycles. The number of nitrogens with one attached hydrogen (secondary N) is 1. The van der Waals surface area contributed by atoms with Crippen molar-refractivity contribution in [2.24, 2.45) is 11.7 Å². The van der Waals surface area contributed by atoms with E-state index >= 15 is 0 Å². The Bertz CT molecular complexity index is 571. The second-order valence-electron chi connectivity index (χ2n) is 5.37. The summed E-state index contributed by atoms with van der Waals surface area (Å²) in [5.41, 5.74) is 6.31. The fourth-order valence-electron chi connectivity index (χ4n) is 2.22. The fraction of sp³-hybridized carbons (Fsp3) is 0.571. The van der Waals surface area contributed by atoms with Gasteiger partial charge in [0.15, 0.2) is 0 Å². The third-order valence-electron chi connectivity index (χ3n) is 3.65. The van der Waals surface area contributed by atoms with Gasteiger partial charge in [-0.2, -0.15) is 0 Å². The van der Waals surface area contributed by atoms with Gasteiger partial charge in [0, 0.05) is 12.6 Å². The summed E-state index contributed by atoms with van der Waals surface area (Å²) < 4.78 is 27.7. The monoisotopic (exact) mass is 316 g/mol. The van der Waals surface area contributed by atoms with Gasteiger partial charge >= 0.3 is 0 Å². The molecule has 0 saturated heterocycles.